The topological polar surface area (TPSA) is 37.8 Å². The molecule has 4 aromatic rings. The first-order valence-electron chi connectivity index (χ1n) is 9.19. The van der Waals surface area contributed by atoms with Gasteiger partial charge < -0.3 is 5.32 Å². The van der Waals surface area contributed by atoms with E-state index in [1.54, 1.807) is 6.07 Å². The van der Waals surface area contributed by atoms with Crippen molar-refractivity contribution in [3.8, 4) is 0 Å². The molecule has 1 aromatic heterocycles. The lowest BCUT2D eigenvalue weighted by Gasteiger charge is -2.12. The Morgan fingerprint density at radius 2 is 1.41 bits per heavy atom. The maximum absolute atomic E-state index is 12.9. The summed E-state index contributed by atoms with van der Waals surface area (Å²) in [5, 5.41) is 13.7. The highest BCUT2D eigenvalue weighted by atomic mass is 19.4. The fraction of sp³-hybridized carbons (Fsp3) is 0.130. The van der Waals surface area contributed by atoms with Crippen molar-refractivity contribution in [2.45, 2.75) is 19.1 Å². The predicted molar refractivity (Wildman–Crippen MR) is 108 cm³/mol. The summed E-state index contributed by atoms with van der Waals surface area (Å²) < 4.78 is 38.8. The molecular formula is C23H18F3N3. The highest BCUT2D eigenvalue weighted by molar-refractivity contribution is 5.93. The van der Waals surface area contributed by atoms with E-state index in [-0.39, 0.29) is 6.54 Å². The molecule has 0 aliphatic rings. The van der Waals surface area contributed by atoms with Crippen LogP contribution in [-0.2, 0) is 19.1 Å². The minimum atomic E-state index is -4.36. The van der Waals surface area contributed by atoms with Gasteiger partial charge >= 0.3 is 6.18 Å². The van der Waals surface area contributed by atoms with Gasteiger partial charge in [0.05, 0.1) is 11.3 Å². The largest absolute Gasteiger partial charge is 0.416 e. The van der Waals surface area contributed by atoms with Crippen LogP contribution >= 0.6 is 0 Å². The normalized spacial score (nSPS) is 11.6. The average Bonchev–Trinajstić information content (AvgIpc) is 2.73. The van der Waals surface area contributed by atoms with Crippen molar-refractivity contribution in [1.29, 1.82) is 0 Å². The molecule has 1 N–H and O–H groups in total. The van der Waals surface area contributed by atoms with Gasteiger partial charge in [-0.2, -0.15) is 18.3 Å². The summed E-state index contributed by atoms with van der Waals surface area (Å²) >= 11 is 0. The molecule has 0 aliphatic heterocycles. The minimum Gasteiger partial charge on any atom is -0.364 e. The van der Waals surface area contributed by atoms with Crippen molar-refractivity contribution in [3.63, 3.8) is 0 Å². The monoisotopic (exact) mass is 393 g/mol. The summed E-state index contributed by atoms with van der Waals surface area (Å²) in [5.74, 6) is 0.551. The van der Waals surface area contributed by atoms with Crippen LogP contribution < -0.4 is 5.32 Å². The van der Waals surface area contributed by atoms with E-state index in [1.807, 2.05) is 54.6 Å². The molecule has 0 unspecified atom stereocenters. The molecule has 0 saturated heterocycles. The first kappa shape index (κ1) is 18.9. The summed E-state index contributed by atoms with van der Waals surface area (Å²) in [6.45, 7) is 0.223. The van der Waals surface area contributed by atoms with E-state index in [9.17, 15) is 13.2 Å². The Morgan fingerprint density at radius 1 is 0.724 bits per heavy atom. The van der Waals surface area contributed by atoms with Gasteiger partial charge in [-0.3, -0.25) is 0 Å². The van der Waals surface area contributed by atoms with Crippen molar-refractivity contribution < 1.29 is 13.2 Å². The van der Waals surface area contributed by atoms with Crippen LogP contribution in [0.3, 0.4) is 0 Å². The van der Waals surface area contributed by atoms with Crippen LogP contribution in [0.1, 0.15) is 22.4 Å². The van der Waals surface area contributed by atoms with Crippen LogP contribution in [0.2, 0.25) is 0 Å². The number of aromatic nitrogens is 2. The zero-order chi connectivity index (χ0) is 20.3. The molecule has 0 aliphatic carbocycles. The van der Waals surface area contributed by atoms with E-state index in [4.69, 9.17) is 0 Å². The quantitative estimate of drug-likeness (QED) is 0.462. The second kappa shape index (κ2) is 7.91. The number of hydrogen-bond acceptors (Lipinski definition) is 3. The van der Waals surface area contributed by atoms with Crippen molar-refractivity contribution in [1.82, 2.24) is 10.2 Å². The second-order valence-corrected chi connectivity index (χ2v) is 6.75. The molecule has 0 spiro atoms. The minimum absolute atomic E-state index is 0.223. The number of anilines is 1. The number of nitrogens with zero attached hydrogens (tertiary/aromatic N) is 2. The summed E-state index contributed by atoms with van der Waals surface area (Å²) in [6.07, 6.45) is -3.70. The molecule has 0 atom stereocenters. The van der Waals surface area contributed by atoms with Gasteiger partial charge in [0.25, 0.3) is 0 Å². The Labute approximate surface area is 166 Å². The molecule has 0 amide bonds. The predicted octanol–water partition coefficient (Wildman–Crippen LogP) is 5.85. The Balaban J connectivity index is 1.60. The zero-order valence-electron chi connectivity index (χ0n) is 15.4. The summed E-state index contributed by atoms with van der Waals surface area (Å²) in [6, 6.07) is 23.1. The van der Waals surface area contributed by atoms with Gasteiger partial charge in [-0.25, -0.2) is 0 Å². The number of alkyl halides is 3. The molecular weight excluding hydrogens is 375 g/mol. The lowest BCUT2D eigenvalue weighted by molar-refractivity contribution is -0.137. The maximum atomic E-state index is 12.9. The lowest BCUT2D eigenvalue weighted by Crippen LogP contribution is -2.08. The molecule has 3 nitrogen and oxygen atoms in total. The van der Waals surface area contributed by atoms with Gasteiger partial charge in [-0.1, -0.05) is 66.7 Å². The summed E-state index contributed by atoms with van der Waals surface area (Å²) in [4.78, 5) is 0. The van der Waals surface area contributed by atoms with Crippen LogP contribution in [0.15, 0.2) is 78.9 Å². The summed E-state index contributed by atoms with van der Waals surface area (Å²) in [5.41, 5.74) is 1.86. The molecule has 146 valence electrons. The van der Waals surface area contributed by atoms with E-state index in [2.05, 4.69) is 15.5 Å². The number of benzene rings is 3. The third kappa shape index (κ3) is 4.37. The third-order valence-electron chi connectivity index (χ3n) is 4.69. The lowest BCUT2D eigenvalue weighted by atomic mass is 10.0. The van der Waals surface area contributed by atoms with Gasteiger partial charge in [0.2, 0.25) is 0 Å². The Morgan fingerprint density at radius 3 is 2.17 bits per heavy atom. The van der Waals surface area contributed by atoms with Crippen LogP contribution in [0.5, 0.6) is 0 Å². The van der Waals surface area contributed by atoms with Crippen molar-refractivity contribution in [3.05, 3.63) is 101 Å². The van der Waals surface area contributed by atoms with Gasteiger partial charge in [-0.05, 0) is 23.3 Å². The molecule has 0 bridgehead atoms. The number of rotatable bonds is 5. The van der Waals surface area contributed by atoms with Gasteiger partial charge in [0, 0.05) is 23.7 Å². The maximum Gasteiger partial charge on any atom is 0.416 e. The van der Waals surface area contributed by atoms with Crippen molar-refractivity contribution in [2.24, 2.45) is 0 Å². The first-order valence-corrected chi connectivity index (χ1v) is 9.19. The van der Waals surface area contributed by atoms with E-state index in [0.29, 0.717) is 17.8 Å². The van der Waals surface area contributed by atoms with Gasteiger partial charge in [0.15, 0.2) is 5.82 Å². The fourth-order valence-corrected chi connectivity index (χ4v) is 3.25. The average molecular weight is 393 g/mol. The van der Waals surface area contributed by atoms with E-state index < -0.39 is 11.7 Å². The molecule has 4 rings (SSSR count). The summed E-state index contributed by atoms with van der Waals surface area (Å²) in [7, 11) is 0. The SMILES string of the molecule is FC(F)(F)c1cccc(CNc2nnc(Cc3ccccc3)c3ccccc23)c1. The fourth-order valence-electron chi connectivity index (χ4n) is 3.25. The number of nitrogens with one attached hydrogen (secondary N) is 1. The van der Waals surface area contributed by atoms with E-state index in [0.717, 1.165) is 34.2 Å². The number of hydrogen-bond donors (Lipinski definition) is 1. The van der Waals surface area contributed by atoms with Crippen molar-refractivity contribution in [2.75, 3.05) is 5.32 Å². The number of halogens is 3. The smallest absolute Gasteiger partial charge is 0.364 e. The van der Waals surface area contributed by atoms with Crippen LogP contribution in [0.4, 0.5) is 19.0 Å². The first-order chi connectivity index (χ1) is 14.0. The highest BCUT2D eigenvalue weighted by Crippen LogP contribution is 2.30. The molecule has 0 fully saturated rings. The van der Waals surface area contributed by atoms with Crippen LogP contribution in [0, 0.1) is 0 Å². The van der Waals surface area contributed by atoms with E-state index in [1.165, 1.54) is 6.07 Å². The Kier molecular flexibility index (Phi) is 5.16. The molecule has 0 saturated carbocycles. The van der Waals surface area contributed by atoms with Crippen LogP contribution in [0.25, 0.3) is 10.8 Å². The second-order valence-electron chi connectivity index (χ2n) is 6.75. The van der Waals surface area contributed by atoms with Gasteiger partial charge in [-0.15, -0.1) is 5.10 Å². The molecule has 1 heterocycles. The standard InChI is InChI=1S/C23H18F3N3/c24-23(25,26)18-10-6-9-17(13-18)15-27-22-20-12-5-4-11-19(20)21(28-29-22)14-16-7-2-1-3-8-16/h1-13H,14-15H2,(H,27,29). The van der Waals surface area contributed by atoms with E-state index >= 15 is 0 Å². The highest BCUT2D eigenvalue weighted by Gasteiger charge is 2.30. The molecule has 29 heavy (non-hydrogen) atoms. The third-order valence-corrected chi connectivity index (χ3v) is 4.69. The Bertz CT molecular complexity index is 1120. The van der Waals surface area contributed by atoms with Crippen LogP contribution in [-0.4, -0.2) is 10.2 Å². The molecule has 0 radical (unpaired) electrons. The van der Waals surface area contributed by atoms with Crippen molar-refractivity contribution >= 4 is 16.6 Å². The Hall–Kier alpha value is -3.41. The number of fused-ring (bicyclic) bond motifs is 1. The van der Waals surface area contributed by atoms with Gasteiger partial charge in [0.1, 0.15) is 0 Å². The molecule has 3 aromatic carbocycles. The molecule has 6 heteroatoms. The zero-order valence-corrected chi connectivity index (χ0v) is 15.4.